The molecule has 17 heavy (non-hydrogen) atoms. The first kappa shape index (κ1) is 12.4. The fourth-order valence-electron chi connectivity index (χ4n) is 2.60. The Hall–Kier alpha value is -1.06. The summed E-state index contributed by atoms with van der Waals surface area (Å²) in [5.41, 5.74) is 8.20. The quantitative estimate of drug-likeness (QED) is 0.824. The van der Waals surface area contributed by atoms with Crippen molar-refractivity contribution in [1.82, 2.24) is 4.90 Å². The van der Waals surface area contributed by atoms with E-state index < -0.39 is 0 Å². The first-order valence-electron chi connectivity index (χ1n) is 6.37. The van der Waals surface area contributed by atoms with Gasteiger partial charge in [0.25, 0.3) is 0 Å². The van der Waals surface area contributed by atoms with Gasteiger partial charge in [-0.05, 0) is 39.3 Å². The number of likely N-dealkylation sites (tertiary alicyclic amines) is 1. The Balaban J connectivity index is 2.18. The second-order valence-electron chi connectivity index (χ2n) is 5.14. The molecule has 0 aliphatic carbocycles. The van der Waals surface area contributed by atoms with Gasteiger partial charge in [0.2, 0.25) is 0 Å². The van der Waals surface area contributed by atoms with Gasteiger partial charge in [0.15, 0.2) is 0 Å². The zero-order chi connectivity index (χ0) is 12.4. The van der Waals surface area contributed by atoms with Crippen LogP contribution in [0.2, 0.25) is 0 Å². The monoisotopic (exact) mass is 234 g/mol. The second-order valence-corrected chi connectivity index (χ2v) is 5.14. The molecule has 1 saturated heterocycles. The molecule has 1 aromatic carbocycles. The lowest BCUT2D eigenvalue weighted by Gasteiger charge is -2.35. The zero-order valence-corrected chi connectivity index (χ0v) is 10.7. The van der Waals surface area contributed by atoms with E-state index in [4.69, 9.17) is 5.73 Å². The van der Waals surface area contributed by atoms with Crippen LogP contribution in [0.5, 0.6) is 5.75 Å². The van der Waals surface area contributed by atoms with Gasteiger partial charge in [-0.15, -0.1) is 0 Å². The summed E-state index contributed by atoms with van der Waals surface area (Å²) in [5, 5.41) is 9.94. The van der Waals surface area contributed by atoms with Crippen LogP contribution in [-0.4, -0.2) is 29.1 Å². The van der Waals surface area contributed by atoms with Crippen LogP contribution < -0.4 is 5.73 Å². The number of nitrogens with two attached hydrogens (primary N) is 1. The van der Waals surface area contributed by atoms with E-state index in [0.29, 0.717) is 5.75 Å². The molecule has 2 unspecified atom stereocenters. The summed E-state index contributed by atoms with van der Waals surface area (Å²) >= 11 is 0. The van der Waals surface area contributed by atoms with E-state index in [2.05, 4.69) is 24.8 Å². The Morgan fingerprint density at radius 1 is 1.47 bits per heavy atom. The molecular weight excluding hydrogens is 212 g/mol. The molecule has 0 amide bonds. The smallest absolute Gasteiger partial charge is 0.120 e. The van der Waals surface area contributed by atoms with E-state index in [9.17, 15) is 5.11 Å². The molecular formula is C14H22N2O. The molecule has 0 bridgehead atoms. The molecule has 1 aliphatic heterocycles. The minimum atomic E-state index is 0.237. The van der Waals surface area contributed by atoms with Gasteiger partial charge < -0.3 is 10.8 Å². The Morgan fingerprint density at radius 2 is 2.24 bits per heavy atom. The van der Waals surface area contributed by atoms with Crippen LogP contribution in [0.4, 0.5) is 0 Å². The molecule has 1 heterocycles. The van der Waals surface area contributed by atoms with E-state index in [1.54, 1.807) is 6.07 Å². The Morgan fingerprint density at radius 3 is 2.94 bits per heavy atom. The van der Waals surface area contributed by atoms with Crippen molar-refractivity contribution in [2.75, 3.05) is 13.1 Å². The number of hydrogen-bond acceptors (Lipinski definition) is 3. The standard InChI is InChI=1S/C14H22N2O/c1-10-5-6-14(17)13(8-10)11(2)16-7-3-4-12(15)9-16/h5-6,8,11-12,17H,3-4,7,9,15H2,1-2H3. The Kier molecular flexibility index (Phi) is 3.69. The zero-order valence-electron chi connectivity index (χ0n) is 10.7. The minimum Gasteiger partial charge on any atom is -0.508 e. The molecule has 0 spiro atoms. The maximum absolute atomic E-state index is 9.94. The minimum absolute atomic E-state index is 0.237. The maximum atomic E-state index is 9.94. The largest absolute Gasteiger partial charge is 0.508 e. The first-order valence-corrected chi connectivity index (χ1v) is 6.37. The summed E-state index contributed by atoms with van der Waals surface area (Å²) in [7, 11) is 0. The van der Waals surface area contributed by atoms with Crippen LogP contribution in [0.3, 0.4) is 0 Å². The highest BCUT2D eigenvalue weighted by molar-refractivity contribution is 5.37. The molecule has 94 valence electrons. The van der Waals surface area contributed by atoms with E-state index in [0.717, 1.165) is 31.5 Å². The van der Waals surface area contributed by atoms with Gasteiger partial charge in [-0.3, -0.25) is 4.90 Å². The summed E-state index contributed by atoms with van der Waals surface area (Å²) in [6.45, 7) is 6.20. The molecule has 0 radical (unpaired) electrons. The highest BCUT2D eigenvalue weighted by Gasteiger charge is 2.23. The number of nitrogens with zero attached hydrogens (tertiary/aromatic N) is 1. The van der Waals surface area contributed by atoms with E-state index in [1.807, 2.05) is 6.07 Å². The van der Waals surface area contributed by atoms with Crippen molar-refractivity contribution in [3.8, 4) is 5.75 Å². The van der Waals surface area contributed by atoms with Gasteiger partial charge in [-0.1, -0.05) is 17.7 Å². The molecule has 2 rings (SSSR count). The molecule has 3 N–H and O–H groups in total. The van der Waals surface area contributed by atoms with E-state index in [1.165, 1.54) is 5.56 Å². The van der Waals surface area contributed by atoms with Gasteiger partial charge in [0, 0.05) is 24.2 Å². The van der Waals surface area contributed by atoms with Crippen molar-refractivity contribution < 1.29 is 5.11 Å². The van der Waals surface area contributed by atoms with Gasteiger partial charge >= 0.3 is 0 Å². The van der Waals surface area contributed by atoms with Crippen LogP contribution in [-0.2, 0) is 0 Å². The summed E-state index contributed by atoms with van der Waals surface area (Å²) in [6, 6.07) is 6.30. The lowest BCUT2D eigenvalue weighted by Crippen LogP contribution is -2.43. The average molecular weight is 234 g/mol. The van der Waals surface area contributed by atoms with Gasteiger partial charge in [0.05, 0.1) is 0 Å². The van der Waals surface area contributed by atoms with Crippen LogP contribution >= 0.6 is 0 Å². The number of phenolic OH excluding ortho intramolecular Hbond substituents is 1. The number of phenols is 1. The fourth-order valence-corrected chi connectivity index (χ4v) is 2.60. The maximum Gasteiger partial charge on any atom is 0.120 e. The number of benzene rings is 1. The van der Waals surface area contributed by atoms with Crippen LogP contribution in [0, 0.1) is 6.92 Å². The topological polar surface area (TPSA) is 49.5 Å². The predicted molar refractivity (Wildman–Crippen MR) is 70.0 cm³/mol. The summed E-state index contributed by atoms with van der Waals surface area (Å²) in [4.78, 5) is 2.36. The summed E-state index contributed by atoms with van der Waals surface area (Å²) < 4.78 is 0. The highest BCUT2D eigenvalue weighted by Crippen LogP contribution is 2.30. The van der Waals surface area contributed by atoms with E-state index >= 15 is 0 Å². The lowest BCUT2D eigenvalue weighted by atomic mass is 9.99. The van der Waals surface area contributed by atoms with Crippen molar-refractivity contribution in [2.45, 2.75) is 38.8 Å². The van der Waals surface area contributed by atoms with Crippen molar-refractivity contribution >= 4 is 0 Å². The van der Waals surface area contributed by atoms with Crippen molar-refractivity contribution in [1.29, 1.82) is 0 Å². The fraction of sp³-hybridized carbons (Fsp3) is 0.571. The van der Waals surface area contributed by atoms with Crippen LogP contribution in [0.25, 0.3) is 0 Å². The molecule has 0 saturated carbocycles. The third-order valence-corrected chi connectivity index (χ3v) is 3.67. The Labute approximate surface area is 103 Å². The van der Waals surface area contributed by atoms with Crippen molar-refractivity contribution in [3.63, 3.8) is 0 Å². The number of aromatic hydroxyl groups is 1. The summed E-state index contributed by atoms with van der Waals surface area (Å²) in [5.74, 6) is 0.391. The van der Waals surface area contributed by atoms with Crippen LogP contribution in [0.15, 0.2) is 18.2 Å². The predicted octanol–water partition coefficient (Wildman–Crippen LogP) is 2.18. The number of aryl methyl sites for hydroxylation is 1. The second kappa shape index (κ2) is 5.07. The molecule has 2 atom stereocenters. The third kappa shape index (κ3) is 2.79. The highest BCUT2D eigenvalue weighted by atomic mass is 16.3. The molecule has 3 nitrogen and oxygen atoms in total. The van der Waals surface area contributed by atoms with Crippen LogP contribution in [0.1, 0.15) is 36.9 Å². The first-order chi connectivity index (χ1) is 8.08. The average Bonchev–Trinajstić information content (AvgIpc) is 2.31. The van der Waals surface area contributed by atoms with E-state index in [-0.39, 0.29) is 12.1 Å². The Bertz CT molecular complexity index is 392. The normalized spacial score (nSPS) is 23.6. The molecule has 3 heteroatoms. The number of hydrogen-bond donors (Lipinski definition) is 2. The van der Waals surface area contributed by atoms with Crippen molar-refractivity contribution in [2.24, 2.45) is 5.73 Å². The van der Waals surface area contributed by atoms with Gasteiger partial charge in [-0.2, -0.15) is 0 Å². The third-order valence-electron chi connectivity index (χ3n) is 3.67. The molecule has 1 fully saturated rings. The lowest BCUT2D eigenvalue weighted by molar-refractivity contribution is 0.157. The molecule has 1 aliphatic rings. The molecule has 0 aromatic heterocycles. The van der Waals surface area contributed by atoms with Crippen molar-refractivity contribution in [3.05, 3.63) is 29.3 Å². The summed E-state index contributed by atoms with van der Waals surface area (Å²) in [6.07, 6.45) is 2.26. The number of rotatable bonds is 2. The van der Waals surface area contributed by atoms with Gasteiger partial charge in [-0.25, -0.2) is 0 Å². The van der Waals surface area contributed by atoms with Gasteiger partial charge in [0.1, 0.15) is 5.75 Å². The number of piperidine rings is 1. The SMILES string of the molecule is Cc1ccc(O)c(C(C)N2CCCC(N)C2)c1. The molecule has 1 aromatic rings.